The predicted molar refractivity (Wildman–Crippen MR) is 101 cm³/mol. The zero-order valence-corrected chi connectivity index (χ0v) is 14.7. The largest absolute Gasteiger partial charge is 0.357 e. The average molecular weight is 344 g/mol. The average Bonchev–Trinajstić information content (AvgIpc) is 3.13. The van der Waals surface area contributed by atoms with Crippen molar-refractivity contribution in [1.82, 2.24) is 16.0 Å². The molecule has 0 atom stereocenters. The molecule has 0 fully saturated rings. The van der Waals surface area contributed by atoms with E-state index < -0.39 is 0 Å². The summed E-state index contributed by atoms with van der Waals surface area (Å²) in [6.45, 7) is 4.92. The van der Waals surface area contributed by atoms with E-state index in [1.54, 1.807) is 11.3 Å². The third-order valence-electron chi connectivity index (χ3n) is 3.31. The van der Waals surface area contributed by atoms with E-state index in [9.17, 15) is 4.79 Å². The van der Waals surface area contributed by atoms with Crippen molar-refractivity contribution in [2.75, 3.05) is 19.6 Å². The molecule has 0 radical (unpaired) electrons. The lowest BCUT2D eigenvalue weighted by Crippen LogP contribution is -2.38. The summed E-state index contributed by atoms with van der Waals surface area (Å²) in [5, 5.41) is 13.6. The molecule has 0 aliphatic carbocycles. The smallest absolute Gasteiger partial charge is 0.251 e. The van der Waals surface area contributed by atoms with Gasteiger partial charge in [0.1, 0.15) is 0 Å². The van der Waals surface area contributed by atoms with Gasteiger partial charge in [0.15, 0.2) is 5.96 Å². The van der Waals surface area contributed by atoms with Crippen molar-refractivity contribution >= 4 is 23.2 Å². The maximum Gasteiger partial charge on any atom is 0.251 e. The molecule has 3 N–H and O–H groups in total. The van der Waals surface area contributed by atoms with Crippen LogP contribution in [0.4, 0.5) is 0 Å². The molecular weight excluding hydrogens is 320 g/mol. The lowest BCUT2D eigenvalue weighted by molar-refractivity contribution is 0.0953. The van der Waals surface area contributed by atoms with E-state index >= 15 is 0 Å². The molecule has 24 heavy (non-hydrogen) atoms. The first kappa shape index (κ1) is 18.0. The molecule has 5 nitrogen and oxygen atoms in total. The molecule has 0 aliphatic rings. The molecule has 0 unspecified atom stereocenters. The topological polar surface area (TPSA) is 65.5 Å². The third-order valence-corrected chi connectivity index (χ3v) is 4.04. The summed E-state index contributed by atoms with van der Waals surface area (Å²) in [6.07, 6.45) is 0.835. The SMILES string of the molecule is CCNC(=NCc1ccsc1)NCCCNC(=O)c1ccccc1. The van der Waals surface area contributed by atoms with Crippen LogP contribution in [0.15, 0.2) is 52.2 Å². The second-order valence-electron chi connectivity index (χ2n) is 5.23. The van der Waals surface area contributed by atoms with Crippen molar-refractivity contribution in [3.05, 3.63) is 58.3 Å². The van der Waals surface area contributed by atoms with Gasteiger partial charge in [-0.25, -0.2) is 4.99 Å². The van der Waals surface area contributed by atoms with Crippen LogP contribution in [0.2, 0.25) is 0 Å². The minimum Gasteiger partial charge on any atom is -0.357 e. The van der Waals surface area contributed by atoms with Crippen molar-refractivity contribution in [1.29, 1.82) is 0 Å². The number of amides is 1. The minimum atomic E-state index is -0.0337. The molecule has 1 aromatic carbocycles. The van der Waals surface area contributed by atoms with E-state index in [2.05, 4.69) is 37.8 Å². The first-order valence-electron chi connectivity index (χ1n) is 8.16. The first-order chi connectivity index (χ1) is 11.8. The van der Waals surface area contributed by atoms with E-state index in [0.29, 0.717) is 18.7 Å². The zero-order chi connectivity index (χ0) is 17.0. The summed E-state index contributed by atoms with van der Waals surface area (Å²) in [4.78, 5) is 16.5. The molecular formula is C18H24N4OS. The Morgan fingerprint density at radius 2 is 1.88 bits per heavy atom. The van der Waals surface area contributed by atoms with E-state index in [-0.39, 0.29) is 5.91 Å². The molecule has 2 rings (SSSR count). The highest BCUT2D eigenvalue weighted by Gasteiger charge is 2.03. The highest BCUT2D eigenvalue weighted by molar-refractivity contribution is 7.07. The predicted octanol–water partition coefficient (Wildman–Crippen LogP) is 2.62. The molecule has 0 spiro atoms. The Labute approximate surface area is 147 Å². The molecule has 1 aromatic heterocycles. The lowest BCUT2D eigenvalue weighted by atomic mass is 10.2. The van der Waals surface area contributed by atoms with E-state index in [0.717, 1.165) is 25.5 Å². The van der Waals surface area contributed by atoms with Crippen LogP contribution in [0.3, 0.4) is 0 Å². The number of benzene rings is 1. The van der Waals surface area contributed by atoms with Crippen LogP contribution in [0.5, 0.6) is 0 Å². The highest BCUT2D eigenvalue weighted by atomic mass is 32.1. The number of hydrogen-bond acceptors (Lipinski definition) is 3. The Balaban J connectivity index is 1.67. The number of nitrogens with zero attached hydrogens (tertiary/aromatic N) is 1. The van der Waals surface area contributed by atoms with Crippen LogP contribution in [-0.4, -0.2) is 31.5 Å². The van der Waals surface area contributed by atoms with Gasteiger partial charge in [-0.15, -0.1) is 0 Å². The molecule has 0 saturated heterocycles. The Morgan fingerprint density at radius 1 is 1.08 bits per heavy atom. The molecule has 6 heteroatoms. The van der Waals surface area contributed by atoms with Gasteiger partial charge in [-0.05, 0) is 47.9 Å². The van der Waals surface area contributed by atoms with Crippen molar-refractivity contribution in [3.63, 3.8) is 0 Å². The van der Waals surface area contributed by atoms with Crippen molar-refractivity contribution in [2.45, 2.75) is 19.9 Å². The second-order valence-corrected chi connectivity index (χ2v) is 6.01. The van der Waals surface area contributed by atoms with Gasteiger partial charge in [-0.3, -0.25) is 4.79 Å². The quantitative estimate of drug-likeness (QED) is 0.392. The number of guanidine groups is 1. The Bertz CT molecular complexity index is 626. The summed E-state index contributed by atoms with van der Waals surface area (Å²) in [5.41, 5.74) is 1.91. The summed E-state index contributed by atoms with van der Waals surface area (Å²) >= 11 is 1.68. The first-order valence-corrected chi connectivity index (χ1v) is 9.10. The Hall–Kier alpha value is -2.34. The van der Waals surface area contributed by atoms with Crippen LogP contribution in [0.1, 0.15) is 29.3 Å². The van der Waals surface area contributed by atoms with Crippen molar-refractivity contribution in [2.24, 2.45) is 4.99 Å². The van der Waals surface area contributed by atoms with E-state index in [1.807, 2.05) is 37.3 Å². The fourth-order valence-electron chi connectivity index (χ4n) is 2.08. The Morgan fingerprint density at radius 3 is 2.58 bits per heavy atom. The van der Waals surface area contributed by atoms with Crippen molar-refractivity contribution < 1.29 is 4.79 Å². The zero-order valence-electron chi connectivity index (χ0n) is 13.9. The fraction of sp³-hybridized carbons (Fsp3) is 0.333. The minimum absolute atomic E-state index is 0.0337. The number of thiophene rings is 1. The maximum absolute atomic E-state index is 11.9. The normalized spacial score (nSPS) is 11.1. The summed E-state index contributed by atoms with van der Waals surface area (Å²) in [5.74, 6) is 0.770. The monoisotopic (exact) mass is 344 g/mol. The van der Waals surface area contributed by atoms with Crippen LogP contribution in [-0.2, 0) is 6.54 Å². The molecule has 2 aromatic rings. The molecule has 0 aliphatic heterocycles. The Kier molecular flexibility index (Phi) is 7.83. The lowest BCUT2D eigenvalue weighted by Gasteiger charge is -2.11. The molecule has 0 bridgehead atoms. The van der Waals surface area contributed by atoms with Gasteiger partial charge >= 0.3 is 0 Å². The number of carbonyl (C=O) groups is 1. The van der Waals surface area contributed by atoms with Gasteiger partial charge in [0.2, 0.25) is 0 Å². The number of nitrogens with one attached hydrogen (secondary N) is 3. The van der Waals surface area contributed by atoms with Crippen LogP contribution in [0, 0.1) is 0 Å². The molecule has 128 valence electrons. The van der Waals surface area contributed by atoms with Gasteiger partial charge in [0, 0.05) is 25.2 Å². The van der Waals surface area contributed by atoms with Gasteiger partial charge < -0.3 is 16.0 Å². The summed E-state index contributed by atoms with van der Waals surface area (Å²) in [7, 11) is 0. The van der Waals surface area contributed by atoms with Crippen LogP contribution >= 0.6 is 11.3 Å². The number of carbonyl (C=O) groups excluding carboxylic acids is 1. The van der Waals surface area contributed by atoms with Crippen molar-refractivity contribution in [3.8, 4) is 0 Å². The van der Waals surface area contributed by atoms with E-state index in [1.165, 1.54) is 5.56 Å². The van der Waals surface area contributed by atoms with Gasteiger partial charge in [0.25, 0.3) is 5.91 Å². The summed E-state index contributed by atoms with van der Waals surface area (Å²) < 4.78 is 0. The van der Waals surface area contributed by atoms with E-state index in [4.69, 9.17) is 0 Å². The summed E-state index contributed by atoms with van der Waals surface area (Å²) in [6, 6.07) is 11.3. The third kappa shape index (κ3) is 6.42. The molecule has 0 saturated carbocycles. The van der Waals surface area contributed by atoms with Gasteiger partial charge in [-0.1, -0.05) is 18.2 Å². The standard InChI is InChI=1S/C18H24N4OS/c1-2-19-18(22-13-15-9-12-24-14-15)21-11-6-10-20-17(23)16-7-4-3-5-8-16/h3-5,7-9,12,14H,2,6,10-11,13H2,1H3,(H,20,23)(H2,19,21,22). The van der Waals surface area contributed by atoms with Gasteiger partial charge in [0.05, 0.1) is 6.54 Å². The number of aliphatic imine (C=N–C) groups is 1. The molecule has 1 heterocycles. The van der Waals surface area contributed by atoms with Crippen LogP contribution in [0.25, 0.3) is 0 Å². The second kappa shape index (κ2) is 10.4. The highest BCUT2D eigenvalue weighted by Crippen LogP contribution is 2.06. The number of rotatable bonds is 8. The maximum atomic E-state index is 11.9. The van der Waals surface area contributed by atoms with Crippen LogP contribution < -0.4 is 16.0 Å². The number of hydrogen-bond donors (Lipinski definition) is 3. The molecule has 1 amide bonds. The van der Waals surface area contributed by atoms with Gasteiger partial charge in [-0.2, -0.15) is 11.3 Å². The fourth-order valence-corrected chi connectivity index (χ4v) is 2.74.